The van der Waals surface area contributed by atoms with E-state index in [9.17, 15) is 0 Å². The minimum atomic E-state index is -1.19. The van der Waals surface area contributed by atoms with E-state index in [0.29, 0.717) is 75.1 Å². The molecule has 0 saturated carbocycles. The third kappa shape index (κ3) is 16.0. The summed E-state index contributed by atoms with van der Waals surface area (Å²) in [6.07, 6.45) is 5.37. The molecule has 12 nitrogen and oxygen atoms in total. The lowest BCUT2D eigenvalue weighted by molar-refractivity contribution is -0.367. The van der Waals surface area contributed by atoms with Crippen LogP contribution in [-0.4, -0.2) is 111 Å². The fraction of sp³-hybridized carbons (Fsp3) is 1.00. The van der Waals surface area contributed by atoms with Crippen molar-refractivity contribution in [3.8, 4) is 0 Å². The largest absolute Gasteiger partial charge is 0.378 e. The Balaban J connectivity index is 3.95. The molecule has 1 aliphatic heterocycles. The van der Waals surface area contributed by atoms with Gasteiger partial charge in [0.25, 0.3) is 0 Å². The van der Waals surface area contributed by atoms with E-state index in [2.05, 4.69) is 83.1 Å². The van der Waals surface area contributed by atoms with Gasteiger partial charge in [-0.1, -0.05) is 83.1 Å². The van der Waals surface area contributed by atoms with Crippen LogP contribution in [0.15, 0.2) is 0 Å². The second-order valence-corrected chi connectivity index (χ2v) is 17.5. The van der Waals surface area contributed by atoms with Gasteiger partial charge in [0.2, 0.25) is 0 Å². The van der Waals surface area contributed by atoms with Gasteiger partial charge >= 0.3 is 0 Å². The summed E-state index contributed by atoms with van der Waals surface area (Å²) in [7, 11) is 0. The van der Waals surface area contributed by atoms with Crippen molar-refractivity contribution in [1.82, 2.24) is 15.0 Å². The molecule has 0 aliphatic carbocycles. The average Bonchev–Trinajstić information content (AvgIpc) is 3.04. The molecule has 0 unspecified atom stereocenters. The van der Waals surface area contributed by atoms with Crippen LogP contribution in [-0.2, 0) is 28.4 Å². The molecule has 0 aromatic rings. The highest BCUT2D eigenvalue weighted by Crippen LogP contribution is 2.42. The van der Waals surface area contributed by atoms with Crippen LogP contribution in [0.25, 0.3) is 0 Å². The van der Waals surface area contributed by atoms with Crippen molar-refractivity contribution in [2.45, 2.75) is 139 Å². The maximum absolute atomic E-state index is 7.44. The zero-order valence-electron chi connectivity index (χ0n) is 35.2. The molecule has 0 aromatic heterocycles. The van der Waals surface area contributed by atoms with Crippen molar-refractivity contribution in [2.24, 2.45) is 53.0 Å². The second-order valence-electron chi connectivity index (χ2n) is 17.5. The fourth-order valence-corrected chi connectivity index (χ4v) is 5.80. The molecular weight excluding hydrogens is 648 g/mol. The van der Waals surface area contributed by atoms with Crippen LogP contribution in [0, 0.1) is 35.5 Å². The molecule has 51 heavy (non-hydrogen) atoms. The van der Waals surface area contributed by atoms with Crippen molar-refractivity contribution in [3.63, 3.8) is 0 Å². The fourth-order valence-electron chi connectivity index (χ4n) is 5.80. The molecule has 6 N–H and O–H groups in total. The van der Waals surface area contributed by atoms with E-state index in [0.717, 1.165) is 38.5 Å². The van der Waals surface area contributed by atoms with E-state index in [1.54, 1.807) is 15.0 Å². The van der Waals surface area contributed by atoms with Crippen LogP contribution in [0.1, 0.15) is 122 Å². The van der Waals surface area contributed by atoms with E-state index >= 15 is 0 Å². The third-order valence-corrected chi connectivity index (χ3v) is 9.73. The van der Waals surface area contributed by atoms with Gasteiger partial charge in [0, 0.05) is 39.6 Å². The van der Waals surface area contributed by atoms with Crippen molar-refractivity contribution < 1.29 is 28.4 Å². The van der Waals surface area contributed by atoms with E-state index in [1.807, 2.05) is 0 Å². The van der Waals surface area contributed by atoms with Crippen LogP contribution >= 0.6 is 0 Å². The van der Waals surface area contributed by atoms with E-state index in [4.69, 9.17) is 45.9 Å². The molecule has 1 fully saturated rings. The Labute approximate surface area is 313 Å². The van der Waals surface area contributed by atoms with Gasteiger partial charge in [0.1, 0.15) is 0 Å². The van der Waals surface area contributed by atoms with Crippen LogP contribution in [0.5, 0.6) is 0 Å². The Bertz CT molecular complexity index is 702. The van der Waals surface area contributed by atoms with Crippen LogP contribution in [0.3, 0.4) is 0 Å². The summed E-state index contributed by atoms with van der Waals surface area (Å²) in [4.78, 5) is 0. The first-order valence-corrected chi connectivity index (χ1v) is 20.1. The number of nitrogens with zero attached hydrogens (tertiary/aromatic N) is 3. The van der Waals surface area contributed by atoms with E-state index in [-0.39, 0.29) is 39.6 Å². The Hall–Kier alpha value is -0.480. The standard InChI is InChI=1S/C39H84N6O6/c1-31(2)13-19-46-25-37(26-47-20-14-32(3)4)43(40)38(27-48-21-15-33(5)6,28-49-22-16-34(7)8)45(42)39(44(37)41,29-50-23-17-35(9)10)30-51-24-18-36(11)12/h31-36H,13-30,40-42H2,1-12H3. The number of nitrogens with two attached hydrogens (primary N) is 3. The molecule has 12 heteroatoms. The molecule has 0 radical (unpaired) electrons. The molecule has 1 rings (SSSR count). The summed E-state index contributed by atoms with van der Waals surface area (Å²) in [6, 6.07) is 0. The van der Waals surface area contributed by atoms with Gasteiger partial charge in [-0.15, -0.1) is 0 Å². The van der Waals surface area contributed by atoms with Gasteiger partial charge < -0.3 is 28.4 Å². The molecule has 0 bridgehead atoms. The predicted octanol–water partition coefficient (Wildman–Crippen LogP) is 5.99. The molecule has 306 valence electrons. The van der Waals surface area contributed by atoms with Gasteiger partial charge in [0.15, 0.2) is 17.0 Å². The highest BCUT2D eigenvalue weighted by Gasteiger charge is 2.67. The van der Waals surface area contributed by atoms with Crippen molar-refractivity contribution in [3.05, 3.63) is 0 Å². The van der Waals surface area contributed by atoms with Crippen LogP contribution < -0.4 is 17.5 Å². The quantitative estimate of drug-likeness (QED) is 0.0590. The Morgan fingerprint density at radius 2 is 0.451 bits per heavy atom. The maximum Gasteiger partial charge on any atom is 0.150 e. The average molecular weight is 733 g/mol. The lowest BCUT2D eigenvalue weighted by Gasteiger charge is -2.68. The SMILES string of the molecule is CC(C)CCOCC1(COCCC(C)C)N(N)C(COCCC(C)C)(COCCC(C)C)N(N)C(COCCC(C)C)(COCCC(C)C)N1N. The maximum atomic E-state index is 7.44. The van der Waals surface area contributed by atoms with Gasteiger partial charge in [-0.25, -0.2) is 0 Å². The summed E-state index contributed by atoms with van der Waals surface area (Å²) >= 11 is 0. The Morgan fingerprint density at radius 1 is 0.314 bits per heavy atom. The topological polar surface area (TPSA) is 143 Å². The van der Waals surface area contributed by atoms with Crippen molar-refractivity contribution in [2.75, 3.05) is 79.3 Å². The van der Waals surface area contributed by atoms with Gasteiger partial charge in [-0.2, -0.15) is 15.0 Å². The number of ether oxygens (including phenoxy) is 6. The monoisotopic (exact) mass is 733 g/mol. The van der Waals surface area contributed by atoms with Crippen molar-refractivity contribution >= 4 is 0 Å². The number of hydrazine groups is 3. The third-order valence-electron chi connectivity index (χ3n) is 9.73. The van der Waals surface area contributed by atoms with E-state index in [1.165, 1.54) is 0 Å². The summed E-state index contributed by atoms with van der Waals surface area (Å²) in [5, 5.41) is 5.15. The van der Waals surface area contributed by atoms with Gasteiger partial charge in [-0.05, 0) is 74.0 Å². The van der Waals surface area contributed by atoms with Gasteiger partial charge in [0.05, 0.1) is 39.6 Å². The predicted molar refractivity (Wildman–Crippen MR) is 208 cm³/mol. The van der Waals surface area contributed by atoms with Crippen molar-refractivity contribution in [1.29, 1.82) is 0 Å². The summed E-state index contributed by atoms with van der Waals surface area (Å²) in [5.74, 6) is 25.2. The zero-order chi connectivity index (χ0) is 38.7. The zero-order valence-corrected chi connectivity index (χ0v) is 35.2. The van der Waals surface area contributed by atoms with E-state index < -0.39 is 17.0 Å². The summed E-state index contributed by atoms with van der Waals surface area (Å²) < 4.78 is 39.1. The number of rotatable bonds is 30. The van der Waals surface area contributed by atoms with Gasteiger partial charge in [-0.3, -0.25) is 17.5 Å². The molecule has 1 heterocycles. The minimum absolute atomic E-state index is 0.168. The smallest absolute Gasteiger partial charge is 0.150 e. The number of hydrogen-bond donors (Lipinski definition) is 3. The lowest BCUT2D eigenvalue weighted by Crippen LogP contribution is -2.95. The second kappa shape index (κ2) is 24.8. The Morgan fingerprint density at radius 3 is 0.569 bits per heavy atom. The normalized spacial score (nSPS) is 18.5. The first-order chi connectivity index (χ1) is 24.0. The Kier molecular flexibility index (Phi) is 23.6. The molecule has 0 spiro atoms. The highest BCUT2D eigenvalue weighted by atomic mass is 16.5. The molecular formula is C39H84N6O6. The summed E-state index contributed by atoms with van der Waals surface area (Å²) in [6.45, 7) is 30.5. The van der Waals surface area contributed by atoms with Crippen LogP contribution in [0.4, 0.5) is 0 Å². The first-order valence-electron chi connectivity index (χ1n) is 20.1. The number of hydrogen-bond acceptors (Lipinski definition) is 12. The molecule has 0 aromatic carbocycles. The minimum Gasteiger partial charge on any atom is -0.378 e. The summed E-state index contributed by atoms with van der Waals surface area (Å²) in [5.41, 5.74) is -3.56. The molecule has 0 atom stereocenters. The van der Waals surface area contributed by atoms with Crippen LogP contribution in [0.2, 0.25) is 0 Å². The first kappa shape index (κ1) is 48.5. The molecule has 0 amide bonds. The molecule has 1 aliphatic rings. The lowest BCUT2D eigenvalue weighted by atomic mass is 9.92. The molecule has 1 saturated heterocycles. The highest BCUT2D eigenvalue weighted by molar-refractivity contribution is 5.10.